The molecule has 3 rings (SSSR count). The summed E-state index contributed by atoms with van der Waals surface area (Å²) in [4.78, 5) is 14.6. The van der Waals surface area contributed by atoms with Crippen LogP contribution in [-0.2, 0) is 0 Å². The quantitative estimate of drug-likeness (QED) is 0.654. The Balaban J connectivity index is 1.80. The van der Waals surface area contributed by atoms with Gasteiger partial charge in [-0.25, -0.2) is 4.39 Å². The predicted molar refractivity (Wildman–Crippen MR) is 104 cm³/mol. The molecule has 0 fully saturated rings. The lowest BCUT2D eigenvalue weighted by Gasteiger charge is -2.25. The van der Waals surface area contributed by atoms with Crippen LogP contribution in [0.3, 0.4) is 0 Å². The third-order valence-corrected chi connectivity index (χ3v) is 4.91. The Morgan fingerprint density at radius 1 is 1.27 bits per heavy atom. The molecule has 1 aromatic heterocycles. The number of carbonyl (C=O) groups excluding carboxylic acids is 1. The smallest absolute Gasteiger partial charge is 0.287 e. The Kier molecular flexibility index (Phi) is 5.44. The maximum absolute atomic E-state index is 13.5. The van der Waals surface area contributed by atoms with Gasteiger partial charge in [0.15, 0.2) is 5.76 Å². The van der Waals surface area contributed by atoms with Gasteiger partial charge in [-0.2, -0.15) is 0 Å². The van der Waals surface area contributed by atoms with E-state index in [0.717, 1.165) is 21.0 Å². The highest BCUT2D eigenvalue weighted by atomic mass is 79.9. The maximum Gasteiger partial charge on any atom is 0.287 e. The van der Waals surface area contributed by atoms with Crippen molar-refractivity contribution >= 4 is 32.8 Å². The normalized spacial score (nSPS) is 12.5. The van der Waals surface area contributed by atoms with Crippen LogP contribution in [-0.4, -0.2) is 31.4 Å². The first-order valence-electron chi connectivity index (χ1n) is 8.25. The standard InChI is InChI=1S/C20H20BrFN2O2/c1-12-16-10-14(21)7-8-18(16)26-19(12)20(25)23-11-17(24(2)3)13-5-4-6-15(22)9-13/h4-10,17H,11H2,1-3H3,(H,23,25)/t17-/m1/s1. The molecule has 0 spiro atoms. The van der Waals surface area contributed by atoms with E-state index in [1.165, 1.54) is 12.1 Å². The second-order valence-corrected chi connectivity index (χ2v) is 7.36. The van der Waals surface area contributed by atoms with E-state index >= 15 is 0 Å². The Bertz CT molecular complexity index is 952. The number of hydrogen-bond donors (Lipinski definition) is 1. The molecule has 1 atom stereocenters. The molecule has 136 valence electrons. The van der Waals surface area contributed by atoms with Gasteiger partial charge < -0.3 is 14.6 Å². The lowest BCUT2D eigenvalue weighted by Crippen LogP contribution is -2.34. The minimum absolute atomic E-state index is 0.145. The van der Waals surface area contributed by atoms with E-state index < -0.39 is 0 Å². The summed E-state index contributed by atoms with van der Waals surface area (Å²) in [5.74, 6) is -0.271. The van der Waals surface area contributed by atoms with Crippen molar-refractivity contribution in [1.29, 1.82) is 0 Å². The van der Waals surface area contributed by atoms with E-state index in [4.69, 9.17) is 4.42 Å². The molecule has 0 saturated carbocycles. The second kappa shape index (κ2) is 7.60. The second-order valence-electron chi connectivity index (χ2n) is 6.44. The number of nitrogens with one attached hydrogen (secondary N) is 1. The number of likely N-dealkylation sites (N-methyl/N-ethyl adjacent to an activating group) is 1. The molecule has 1 amide bonds. The highest BCUT2D eigenvalue weighted by molar-refractivity contribution is 9.10. The summed E-state index contributed by atoms with van der Waals surface area (Å²) in [6.45, 7) is 2.21. The van der Waals surface area contributed by atoms with Crippen LogP contribution >= 0.6 is 15.9 Å². The van der Waals surface area contributed by atoms with Crippen LogP contribution in [0.2, 0.25) is 0 Å². The van der Waals surface area contributed by atoms with Crippen LogP contribution in [0.5, 0.6) is 0 Å². The molecule has 26 heavy (non-hydrogen) atoms. The Hall–Kier alpha value is -2.18. The van der Waals surface area contributed by atoms with E-state index in [1.54, 1.807) is 6.07 Å². The Labute approximate surface area is 160 Å². The van der Waals surface area contributed by atoms with Gasteiger partial charge in [0.2, 0.25) is 0 Å². The summed E-state index contributed by atoms with van der Waals surface area (Å²) in [7, 11) is 3.79. The number of aryl methyl sites for hydroxylation is 1. The molecule has 0 aliphatic rings. The first-order chi connectivity index (χ1) is 12.4. The molecule has 0 saturated heterocycles. The van der Waals surface area contributed by atoms with Crippen LogP contribution in [0.4, 0.5) is 4.39 Å². The monoisotopic (exact) mass is 418 g/mol. The van der Waals surface area contributed by atoms with Gasteiger partial charge >= 0.3 is 0 Å². The molecule has 4 nitrogen and oxygen atoms in total. The maximum atomic E-state index is 13.5. The van der Waals surface area contributed by atoms with Crippen molar-refractivity contribution in [1.82, 2.24) is 10.2 Å². The van der Waals surface area contributed by atoms with Gasteiger partial charge in [0, 0.05) is 22.0 Å². The zero-order valence-corrected chi connectivity index (χ0v) is 16.4. The van der Waals surface area contributed by atoms with Gasteiger partial charge in [0.25, 0.3) is 5.91 Å². The molecule has 0 radical (unpaired) electrons. The molecule has 2 aromatic carbocycles. The summed E-state index contributed by atoms with van der Waals surface area (Å²) in [6, 6.07) is 11.9. The number of hydrogen-bond acceptors (Lipinski definition) is 3. The van der Waals surface area contributed by atoms with Crippen molar-refractivity contribution in [3.8, 4) is 0 Å². The first kappa shape index (κ1) is 18.6. The number of amides is 1. The van der Waals surface area contributed by atoms with Crippen molar-refractivity contribution in [2.45, 2.75) is 13.0 Å². The molecule has 3 aromatic rings. The predicted octanol–water partition coefficient (Wildman–Crippen LogP) is 4.68. The minimum atomic E-state index is -0.292. The zero-order chi connectivity index (χ0) is 18.8. The molecular weight excluding hydrogens is 399 g/mol. The van der Waals surface area contributed by atoms with Gasteiger partial charge in [0.05, 0.1) is 6.04 Å². The summed E-state index contributed by atoms with van der Waals surface area (Å²) in [6.07, 6.45) is 0. The molecule has 0 bridgehead atoms. The SMILES string of the molecule is Cc1c(C(=O)NC[C@H](c2cccc(F)c2)N(C)C)oc2ccc(Br)cc12. The molecule has 0 aliphatic carbocycles. The molecule has 1 heterocycles. The highest BCUT2D eigenvalue weighted by Gasteiger charge is 2.21. The number of rotatable bonds is 5. The van der Waals surface area contributed by atoms with E-state index in [0.29, 0.717) is 17.9 Å². The Morgan fingerprint density at radius 3 is 2.73 bits per heavy atom. The fourth-order valence-electron chi connectivity index (χ4n) is 2.99. The third kappa shape index (κ3) is 3.81. The first-order valence-corrected chi connectivity index (χ1v) is 9.05. The van der Waals surface area contributed by atoms with E-state index in [2.05, 4.69) is 21.2 Å². The summed E-state index contributed by atoms with van der Waals surface area (Å²) >= 11 is 3.43. The summed E-state index contributed by atoms with van der Waals surface area (Å²) in [5.41, 5.74) is 2.27. The van der Waals surface area contributed by atoms with E-state index in [9.17, 15) is 9.18 Å². The summed E-state index contributed by atoms with van der Waals surface area (Å²) in [5, 5.41) is 3.81. The average molecular weight is 419 g/mol. The minimum Gasteiger partial charge on any atom is -0.451 e. The molecule has 0 unspecified atom stereocenters. The van der Waals surface area contributed by atoms with E-state index in [-0.39, 0.29) is 17.8 Å². The van der Waals surface area contributed by atoms with Crippen LogP contribution in [0, 0.1) is 12.7 Å². The summed E-state index contributed by atoms with van der Waals surface area (Å²) < 4.78 is 20.2. The highest BCUT2D eigenvalue weighted by Crippen LogP contribution is 2.28. The molecular formula is C20H20BrFN2O2. The van der Waals surface area contributed by atoms with Crippen LogP contribution in [0.1, 0.15) is 27.7 Å². The average Bonchev–Trinajstić information content (AvgIpc) is 2.91. The number of benzene rings is 2. The van der Waals surface area contributed by atoms with Crippen LogP contribution in [0.25, 0.3) is 11.0 Å². The molecule has 6 heteroatoms. The largest absolute Gasteiger partial charge is 0.451 e. The van der Waals surface area contributed by atoms with Gasteiger partial charge in [-0.05, 0) is 56.9 Å². The number of halogens is 2. The number of nitrogens with zero attached hydrogens (tertiary/aromatic N) is 1. The lowest BCUT2D eigenvalue weighted by molar-refractivity contribution is 0.0915. The topological polar surface area (TPSA) is 45.5 Å². The fraction of sp³-hybridized carbons (Fsp3) is 0.250. The van der Waals surface area contributed by atoms with Gasteiger partial charge in [0.1, 0.15) is 11.4 Å². The fourth-order valence-corrected chi connectivity index (χ4v) is 3.35. The number of furan rings is 1. The van der Waals surface area contributed by atoms with Crippen molar-refractivity contribution in [2.24, 2.45) is 0 Å². The van der Waals surface area contributed by atoms with Crippen molar-refractivity contribution in [3.05, 3.63) is 69.6 Å². The van der Waals surface area contributed by atoms with E-state index in [1.807, 2.05) is 50.2 Å². The zero-order valence-electron chi connectivity index (χ0n) is 14.8. The number of carbonyl (C=O) groups is 1. The number of fused-ring (bicyclic) bond motifs is 1. The van der Waals surface area contributed by atoms with Crippen molar-refractivity contribution in [2.75, 3.05) is 20.6 Å². The lowest BCUT2D eigenvalue weighted by atomic mass is 10.1. The third-order valence-electron chi connectivity index (χ3n) is 4.42. The van der Waals surface area contributed by atoms with Crippen molar-refractivity contribution in [3.63, 3.8) is 0 Å². The molecule has 0 aliphatic heterocycles. The van der Waals surface area contributed by atoms with Crippen molar-refractivity contribution < 1.29 is 13.6 Å². The Morgan fingerprint density at radius 2 is 2.04 bits per heavy atom. The van der Waals surface area contributed by atoms with Gasteiger partial charge in [-0.1, -0.05) is 28.1 Å². The molecule has 1 N–H and O–H groups in total. The van der Waals surface area contributed by atoms with Gasteiger partial charge in [-0.3, -0.25) is 4.79 Å². The van der Waals surface area contributed by atoms with Gasteiger partial charge in [-0.15, -0.1) is 0 Å². The van der Waals surface area contributed by atoms with Crippen LogP contribution in [0.15, 0.2) is 51.4 Å². The van der Waals surface area contributed by atoms with Crippen LogP contribution < -0.4 is 5.32 Å².